The number of imide groups is 1. The minimum atomic E-state index is -0.723. The molecule has 0 radical (unpaired) electrons. The summed E-state index contributed by atoms with van der Waals surface area (Å²) in [6.45, 7) is 4.30. The van der Waals surface area contributed by atoms with Gasteiger partial charge in [-0.3, -0.25) is 14.5 Å². The van der Waals surface area contributed by atoms with Gasteiger partial charge >= 0.3 is 6.03 Å². The zero-order valence-electron chi connectivity index (χ0n) is 16.1. The van der Waals surface area contributed by atoms with Crippen molar-refractivity contribution in [2.24, 2.45) is 0 Å². The van der Waals surface area contributed by atoms with Crippen LogP contribution in [0.2, 0.25) is 0 Å². The van der Waals surface area contributed by atoms with Gasteiger partial charge in [-0.25, -0.2) is 9.78 Å². The average molecular weight is 401 g/mol. The van der Waals surface area contributed by atoms with Gasteiger partial charge in [0.1, 0.15) is 5.54 Å². The molecule has 1 spiro atoms. The molecule has 1 saturated heterocycles. The number of rotatable bonds is 5. The van der Waals surface area contributed by atoms with E-state index >= 15 is 0 Å². The van der Waals surface area contributed by atoms with Crippen molar-refractivity contribution in [2.75, 3.05) is 11.9 Å². The van der Waals surface area contributed by atoms with Crippen molar-refractivity contribution in [3.63, 3.8) is 0 Å². The van der Waals surface area contributed by atoms with Gasteiger partial charge in [0.15, 0.2) is 0 Å². The second-order valence-corrected chi connectivity index (χ2v) is 8.93. The quantitative estimate of drug-likeness (QED) is 0.750. The number of hydrogen-bond donors (Lipinski definition) is 2. The number of carbonyl (C=O) groups excluding carboxylic acids is 3. The Morgan fingerprint density at radius 2 is 2.07 bits per heavy atom. The highest BCUT2D eigenvalue weighted by Crippen LogP contribution is 2.35. The molecule has 1 saturated carbocycles. The first-order valence-corrected chi connectivity index (χ1v) is 10.5. The maximum atomic E-state index is 12.6. The monoisotopic (exact) mass is 400 g/mol. The third-order valence-corrected chi connectivity index (χ3v) is 6.77. The standard InChI is InChI=1S/C20H24N4O3S/c1-12(2)17-22-14-6-5-13(11-15(14)28-17)21-16(25)7-10-24-18(26)20(23-19(24)27)8-3-4-9-20/h5-6,11-12H,3-4,7-10H2,1-2H3,(H,21,25)(H,23,27). The molecule has 8 heteroatoms. The molecule has 28 heavy (non-hydrogen) atoms. The van der Waals surface area contributed by atoms with Crippen LogP contribution in [0.15, 0.2) is 18.2 Å². The summed E-state index contributed by atoms with van der Waals surface area (Å²) in [5.74, 6) is -0.0428. The Kier molecular flexibility index (Phi) is 4.82. The van der Waals surface area contributed by atoms with Crippen molar-refractivity contribution in [3.8, 4) is 0 Å². The van der Waals surface area contributed by atoms with Crippen LogP contribution in [0.4, 0.5) is 10.5 Å². The van der Waals surface area contributed by atoms with Crippen LogP contribution in [0.5, 0.6) is 0 Å². The summed E-state index contributed by atoms with van der Waals surface area (Å²) in [6.07, 6.45) is 3.34. The number of nitrogens with zero attached hydrogens (tertiary/aromatic N) is 2. The van der Waals surface area contributed by atoms with Gasteiger partial charge in [-0.2, -0.15) is 0 Å². The van der Waals surface area contributed by atoms with E-state index < -0.39 is 5.54 Å². The molecule has 0 bridgehead atoms. The Morgan fingerprint density at radius 1 is 1.32 bits per heavy atom. The Morgan fingerprint density at radius 3 is 2.79 bits per heavy atom. The van der Waals surface area contributed by atoms with E-state index in [2.05, 4.69) is 29.5 Å². The van der Waals surface area contributed by atoms with E-state index in [-0.39, 0.29) is 30.8 Å². The topological polar surface area (TPSA) is 91.4 Å². The fourth-order valence-electron chi connectivity index (χ4n) is 3.90. The number of nitrogens with one attached hydrogen (secondary N) is 2. The number of amides is 4. The number of thiazole rings is 1. The van der Waals surface area contributed by atoms with Gasteiger partial charge in [0.25, 0.3) is 5.91 Å². The normalized spacial score (nSPS) is 18.5. The zero-order chi connectivity index (χ0) is 19.9. The van der Waals surface area contributed by atoms with Gasteiger partial charge in [-0.1, -0.05) is 26.7 Å². The number of fused-ring (bicyclic) bond motifs is 1. The summed E-state index contributed by atoms with van der Waals surface area (Å²) in [5.41, 5.74) is 0.896. The first-order chi connectivity index (χ1) is 13.4. The summed E-state index contributed by atoms with van der Waals surface area (Å²) in [5, 5.41) is 6.76. The average Bonchev–Trinajstić information content (AvgIpc) is 3.33. The van der Waals surface area contributed by atoms with E-state index in [0.29, 0.717) is 24.4 Å². The molecule has 2 fully saturated rings. The molecular formula is C20H24N4O3S. The molecule has 1 aromatic carbocycles. The fraction of sp³-hybridized carbons (Fsp3) is 0.500. The third-order valence-electron chi connectivity index (χ3n) is 5.45. The van der Waals surface area contributed by atoms with Crippen molar-refractivity contribution >= 4 is 45.1 Å². The second kappa shape index (κ2) is 7.16. The number of benzene rings is 1. The van der Waals surface area contributed by atoms with E-state index in [1.54, 1.807) is 11.3 Å². The number of carbonyl (C=O) groups is 3. The molecular weight excluding hydrogens is 376 g/mol. The van der Waals surface area contributed by atoms with Crippen LogP contribution in [0.25, 0.3) is 10.2 Å². The summed E-state index contributed by atoms with van der Waals surface area (Å²) in [4.78, 5) is 42.9. The van der Waals surface area contributed by atoms with Crippen molar-refractivity contribution < 1.29 is 14.4 Å². The van der Waals surface area contributed by atoms with Crippen LogP contribution in [0.3, 0.4) is 0 Å². The molecule has 4 amide bonds. The van der Waals surface area contributed by atoms with Gasteiger partial charge in [0.05, 0.1) is 15.2 Å². The first kappa shape index (κ1) is 18.9. The van der Waals surface area contributed by atoms with Gasteiger partial charge in [-0.05, 0) is 31.0 Å². The van der Waals surface area contributed by atoms with Crippen molar-refractivity contribution in [1.29, 1.82) is 0 Å². The van der Waals surface area contributed by atoms with E-state index in [1.807, 2.05) is 18.2 Å². The predicted molar refractivity (Wildman–Crippen MR) is 108 cm³/mol. The Labute approximate surface area is 167 Å². The number of hydrogen-bond acceptors (Lipinski definition) is 5. The SMILES string of the molecule is CC(C)c1nc2ccc(NC(=O)CCN3C(=O)NC4(CCCC4)C3=O)cc2s1. The molecule has 2 aliphatic rings. The molecule has 148 valence electrons. The third kappa shape index (κ3) is 3.37. The Hall–Kier alpha value is -2.48. The van der Waals surface area contributed by atoms with E-state index in [1.165, 1.54) is 4.90 Å². The summed E-state index contributed by atoms with van der Waals surface area (Å²) >= 11 is 1.62. The molecule has 2 aromatic rings. The summed E-state index contributed by atoms with van der Waals surface area (Å²) in [6, 6.07) is 5.25. The highest BCUT2D eigenvalue weighted by Gasteiger charge is 2.52. The molecule has 4 rings (SSSR count). The van der Waals surface area contributed by atoms with Gasteiger partial charge in [-0.15, -0.1) is 11.3 Å². The summed E-state index contributed by atoms with van der Waals surface area (Å²) < 4.78 is 1.03. The van der Waals surface area contributed by atoms with Crippen LogP contribution in [-0.2, 0) is 9.59 Å². The van der Waals surface area contributed by atoms with Crippen molar-refractivity contribution in [3.05, 3.63) is 23.2 Å². The van der Waals surface area contributed by atoms with Crippen LogP contribution < -0.4 is 10.6 Å². The molecule has 1 aliphatic carbocycles. The largest absolute Gasteiger partial charge is 0.326 e. The van der Waals surface area contributed by atoms with E-state index in [0.717, 1.165) is 28.1 Å². The van der Waals surface area contributed by atoms with Crippen LogP contribution >= 0.6 is 11.3 Å². The van der Waals surface area contributed by atoms with Crippen LogP contribution in [0.1, 0.15) is 56.9 Å². The van der Waals surface area contributed by atoms with E-state index in [4.69, 9.17) is 0 Å². The molecule has 7 nitrogen and oxygen atoms in total. The lowest BCUT2D eigenvalue weighted by atomic mass is 9.98. The zero-order valence-corrected chi connectivity index (χ0v) is 16.9. The lowest BCUT2D eigenvalue weighted by Crippen LogP contribution is -2.44. The van der Waals surface area contributed by atoms with Gasteiger partial charge in [0, 0.05) is 24.6 Å². The van der Waals surface area contributed by atoms with Crippen LogP contribution in [-0.4, -0.2) is 39.8 Å². The predicted octanol–water partition coefficient (Wildman–Crippen LogP) is 3.61. The van der Waals surface area contributed by atoms with Gasteiger partial charge in [0.2, 0.25) is 5.91 Å². The fourth-order valence-corrected chi connectivity index (χ4v) is 4.91. The first-order valence-electron chi connectivity index (χ1n) is 9.72. The Bertz CT molecular complexity index is 946. The minimum absolute atomic E-state index is 0.0766. The number of urea groups is 1. The smallest absolute Gasteiger partial charge is 0.325 e. The maximum absolute atomic E-state index is 12.6. The lowest BCUT2D eigenvalue weighted by Gasteiger charge is -2.19. The molecule has 0 atom stereocenters. The molecule has 2 N–H and O–H groups in total. The van der Waals surface area contributed by atoms with Crippen molar-refractivity contribution in [1.82, 2.24) is 15.2 Å². The van der Waals surface area contributed by atoms with Gasteiger partial charge < -0.3 is 10.6 Å². The van der Waals surface area contributed by atoms with Crippen LogP contribution in [0, 0.1) is 0 Å². The molecule has 1 aromatic heterocycles. The highest BCUT2D eigenvalue weighted by atomic mass is 32.1. The summed E-state index contributed by atoms with van der Waals surface area (Å²) in [7, 11) is 0. The minimum Gasteiger partial charge on any atom is -0.326 e. The van der Waals surface area contributed by atoms with Crippen molar-refractivity contribution in [2.45, 2.75) is 57.4 Å². The highest BCUT2D eigenvalue weighted by molar-refractivity contribution is 7.18. The molecule has 1 aliphatic heterocycles. The number of aromatic nitrogens is 1. The molecule has 2 heterocycles. The maximum Gasteiger partial charge on any atom is 0.325 e. The van der Waals surface area contributed by atoms with E-state index in [9.17, 15) is 14.4 Å². The Balaban J connectivity index is 1.37. The molecule has 0 unspecified atom stereocenters. The second-order valence-electron chi connectivity index (χ2n) is 7.86. The lowest BCUT2D eigenvalue weighted by molar-refractivity contribution is -0.131. The number of anilines is 1.